The molecule has 3 rings (SSSR count). The Morgan fingerprint density at radius 3 is 2.83 bits per heavy atom. The van der Waals surface area contributed by atoms with Crippen LogP contribution >= 0.6 is 0 Å². The molecule has 0 spiro atoms. The fraction of sp³-hybridized carbons (Fsp3) is 0.588. The van der Waals surface area contributed by atoms with Crippen LogP contribution in [0.25, 0.3) is 0 Å². The normalized spacial score (nSPS) is 16.6. The van der Waals surface area contributed by atoms with Gasteiger partial charge in [-0.1, -0.05) is 0 Å². The number of carboxylic acid groups (broad SMARTS) is 1. The van der Waals surface area contributed by atoms with E-state index in [0.717, 1.165) is 12.2 Å². The number of hydrogen-bond acceptors (Lipinski definition) is 10. The highest BCUT2D eigenvalue weighted by molar-refractivity contribution is 5.42. The van der Waals surface area contributed by atoms with Crippen molar-refractivity contribution < 1.29 is 28.8 Å². The smallest absolute Gasteiger partial charge is 0.290 e. The van der Waals surface area contributed by atoms with Gasteiger partial charge in [0.2, 0.25) is 5.82 Å². The highest BCUT2D eigenvalue weighted by Crippen LogP contribution is 2.30. The number of nitrogens with zero attached hydrogens (tertiary/aromatic N) is 6. The van der Waals surface area contributed by atoms with Crippen LogP contribution in [0.15, 0.2) is 12.3 Å². The lowest BCUT2D eigenvalue weighted by molar-refractivity contribution is -0.122. The summed E-state index contributed by atoms with van der Waals surface area (Å²) >= 11 is 0. The van der Waals surface area contributed by atoms with E-state index in [4.69, 9.17) is 28.8 Å². The monoisotopic (exact) mass is 410 g/mol. The maximum atomic E-state index is 8.36. The van der Waals surface area contributed by atoms with E-state index in [1.807, 2.05) is 0 Å². The summed E-state index contributed by atoms with van der Waals surface area (Å²) in [5.74, 6) is 1.91. The van der Waals surface area contributed by atoms with Crippen LogP contribution < -0.4 is 9.47 Å². The molecule has 3 heterocycles. The zero-order valence-corrected chi connectivity index (χ0v) is 16.7. The van der Waals surface area contributed by atoms with Crippen LogP contribution in [0.3, 0.4) is 0 Å². The predicted octanol–water partition coefficient (Wildman–Crippen LogP) is 0.00600. The standard InChI is InChI=1S/C16H24N6O4.CH2O2/c1-23-8-7-22-19-16(18-20-22)14-11-21(6-9-26-14)10-12-15(25-3)13(24-2)4-5-17-12;2-1-3/h4-5,14H,6-11H2,1-3H3;1H,(H,2,3). The van der Waals surface area contributed by atoms with E-state index in [2.05, 4.69) is 25.3 Å². The summed E-state index contributed by atoms with van der Waals surface area (Å²) in [7, 11) is 4.87. The van der Waals surface area contributed by atoms with Crippen LogP contribution in [0.2, 0.25) is 0 Å². The molecule has 0 bridgehead atoms. The van der Waals surface area contributed by atoms with Gasteiger partial charge in [-0.2, -0.15) is 4.80 Å². The molecule has 1 atom stereocenters. The highest BCUT2D eigenvalue weighted by Gasteiger charge is 2.27. The molecule has 0 amide bonds. The fourth-order valence-corrected chi connectivity index (χ4v) is 2.83. The molecule has 2 aromatic rings. The third kappa shape index (κ3) is 6.34. The van der Waals surface area contributed by atoms with Gasteiger partial charge < -0.3 is 24.1 Å². The molecule has 12 heteroatoms. The zero-order valence-electron chi connectivity index (χ0n) is 16.7. The van der Waals surface area contributed by atoms with Gasteiger partial charge in [0.25, 0.3) is 6.47 Å². The van der Waals surface area contributed by atoms with Crippen molar-refractivity contribution in [1.82, 2.24) is 30.1 Å². The molecule has 29 heavy (non-hydrogen) atoms. The van der Waals surface area contributed by atoms with Gasteiger partial charge in [-0.15, -0.1) is 10.2 Å². The first-order chi connectivity index (χ1) is 14.2. The SMILES string of the molecule is COCCn1nnc(C2CN(Cc3nccc(OC)c3OC)CCO2)n1.O=CO. The number of morpholine rings is 1. The maximum absolute atomic E-state index is 8.36. The number of ether oxygens (including phenoxy) is 4. The predicted molar refractivity (Wildman–Crippen MR) is 99.7 cm³/mol. The average molecular weight is 410 g/mol. The third-order valence-corrected chi connectivity index (χ3v) is 4.14. The van der Waals surface area contributed by atoms with E-state index in [9.17, 15) is 0 Å². The van der Waals surface area contributed by atoms with Crippen molar-refractivity contribution in [3.05, 3.63) is 23.8 Å². The largest absolute Gasteiger partial charge is 0.493 e. The van der Waals surface area contributed by atoms with Gasteiger partial charge in [-0.05, 0) is 5.21 Å². The minimum absolute atomic E-state index is 0.225. The molecule has 1 unspecified atom stereocenters. The summed E-state index contributed by atoms with van der Waals surface area (Å²) in [5.41, 5.74) is 0.823. The summed E-state index contributed by atoms with van der Waals surface area (Å²) in [6.07, 6.45) is 1.49. The molecule has 2 aromatic heterocycles. The molecular weight excluding hydrogens is 384 g/mol. The molecule has 0 aromatic carbocycles. The van der Waals surface area contributed by atoms with E-state index in [1.54, 1.807) is 33.6 Å². The summed E-state index contributed by atoms with van der Waals surface area (Å²) < 4.78 is 21.7. The number of methoxy groups -OCH3 is 3. The molecule has 1 fully saturated rings. The first kappa shape index (κ1) is 22.5. The lowest BCUT2D eigenvalue weighted by Crippen LogP contribution is -2.38. The van der Waals surface area contributed by atoms with E-state index in [-0.39, 0.29) is 12.6 Å². The second kappa shape index (κ2) is 11.9. The lowest BCUT2D eigenvalue weighted by Gasteiger charge is -2.31. The number of aromatic nitrogens is 5. The van der Waals surface area contributed by atoms with E-state index in [0.29, 0.717) is 50.2 Å². The summed E-state index contributed by atoms with van der Waals surface area (Å²) in [6.45, 7) is 3.50. The Hall–Kier alpha value is -2.83. The van der Waals surface area contributed by atoms with Crippen molar-refractivity contribution in [2.45, 2.75) is 19.2 Å². The van der Waals surface area contributed by atoms with Crippen LogP contribution in [0.1, 0.15) is 17.6 Å². The third-order valence-electron chi connectivity index (χ3n) is 4.14. The summed E-state index contributed by atoms with van der Waals surface area (Å²) in [4.78, 5) is 16.6. The highest BCUT2D eigenvalue weighted by atomic mass is 16.5. The summed E-state index contributed by atoms with van der Waals surface area (Å²) in [6, 6.07) is 1.78. The van der Waals surface area contributed by atoms with Crippen LogP contribution in [-0.4, -0.2) is 89.3 Å². The zero-order chi connectivity index (χ0) is 21.1. The average Bonchev–Trinajstić information content (AvgIpc) is 3.22. The maximum Gasteiger partial charge on any atom is 0.290 e. The summed E-state index contributed by atoms with van der Waals surface area (Å²) in [5, 5.41) is 19.4. The van der Waals surface area contributed by atoms with Crippen LogP contribution in [0, 0.1) is 0 Å². The number of rotatable bonds is 8. The van der Waals surface area contributed by atoms with Gasteiger partial charge in [0, 0.05) is 39.0 Å². The van der Waals surface area contributed by atoms with Crippen LogP contribution in [0.5, 0.6) is 11.5 Å². The minimum Gasteiger partial charge on any atom is -0.493 e. The van der Waals surface area contributed by atoms with Gasteiger partial charge in [0.05, 0.1) is 34.0 Å². The van der Waals surface area contributed by atoms with Crippen molar-refractivity contribution in [1.29, 1.82) is 0 Å². The van der Waals surface area contributed by atoms with E-state index in [1.165, 1.54) is 4.80 Å². The van der Waals surface area contributed by atoms with E-state index >= 15 is 0 Å². The van der Waals surface area contributed by atoms with E-state index < -0.39 is 0 Å². The molecule has 12 nitrogen and oxygen atoms in total. The van der Waals surface area contributed by atoms with Gasteiger partial charge in [-0.25, -0.2) is 0 Å². The molecule has 1 N–H and O–H groups in total. The van der Waals surface area contributed by atoms with Gasteiger partial charge in [0.1, 0.15) is 11.8 Å². The Kier molecular flexibility index (Phi) is 9.21. The molecule has 160 valence electrons. The topological polar surface area (TPSA) is 134 Å². The van der Waals surface area contributed by atoms with Crippen molar-refractivity contribution in [3.63, 3.8) is 0 Å². The first-order valence-electron chi connectivity index (χ1n) is 8.91. The van der Waals surface area contributed by atoms with Crippen molar-refractivity contribution >= 4 is 6.47 Å². The lowest BCUT2D eigenvalue weighted by atomic mass is 10.2. The minimum atomic E-state index is -0.250. The van der Waals surface area contributed by atoms with Crippen LogP contribution in [0.4, 0.5) is 0 Å². The molecule has 1 aliphatic rings. The fourth-order valence-electron chi connectivity index (χ4n) is 2.83. The molecule has 1 aliphatic heterocycles. The molecule has 0 radical (unpaired) electrons. The second-order valence-electron chi connectivity index (χ2n) is 5.93. The first-order valence-corrected chi connectivity index (χ1v) is 8.91. The molecular formula is C17H26N6O6. The van der Waals surface area contributed by atoms with Crippen molar-refractivity contribution in [3.8, 4) is 11.5 Å². The molecule has 0 saturated carbocycles. The Morgan fingerprint density at radius 2 is 2.14 bits per heavy atom. The van der Waals surface area contributed by atoms with Crippen LogP contribution in [-0.2, 0) is 27.4 Å². The quantitative estimate of drug-likeness (QED) is 0.590. The Morgan fingerprint density at radius 1 is 1.34 bits per heavy atom. The van der Waals surface area contributed by atoms with Crippen molar-refractivity contribution in [2.24, 2.45) is 0 Å². The Bertz CT molecular complexity index is 758. The molecule has 1 saturated heterocycles. The number of carbonyl (C=O) groups is 1. The van der Waals surface area contributed by atoms with Gasteiger partial charge in [0.15, 0.2) is 11.5 Å². The number of tetrazole rings is 1. The Labute approximate surface area is 168 Å². The number of hydrogen-bond donors (Lipinski definition) is 1. The van der Waals surface area contributed by atoms with Crippen molar-refractivity contribution in [2.75, 3.05) is 47.6 Å². The van der Waals surface area contributed by atoms with Gasteiger partial charge >= 0.3 is 0 Å². The van der Waals surface area contributed by atoms with Gasteiger partial charge in [-0.3, -0.25) is 14.7 Å². The Balaban J connectivity index is 0.000000941. The second-order valence-corrected chi connectivity index (χ2v) is 5.93. The number of pyridine rings is 1. The molecule has 0 aliphatic carbocycles.